The van der Waals surface area contributed by atoms with Crippen LogP contribution in [0, 0.1) is 0 Å². The van der Waals surface area contributed by atoms with E-state index < -0.39 is 10.0 Å². The first-order valence-electron chi connectivity index (χ1n) is 5.63. The maximum absolute atomic E-state index is 5.52. The number of hydrogen-bond donors (Lipinski definition) is 0. The predicted molar refractivity (Wildman–Crippen MR) is 65.3 cm³/mol. The lowest BCUT2D eigenvalue weighted by Gasteiger charge is -2.05. The molecule has 84 valence electrons. The van der Waals surface area contributed by atoms with E-state index in [2.05, 4.69) is 19.1 Å². The van der Waals surface area contributed by atoms with Gasteiger partial charge in [-0.05, 0) is 12.0 Å². The molecule has 0 N–H and O–H groups in total. The van der Waals surface area contributed by atoms with Crippen molar-refractivity contribution >= 4 is 10.0 Å². The monoisotopic (exact) mass is 224 g/mol. The zero-order chi connectivity index (χ0) is 10.8. The summed E-state index contributed by atoms with van der Waals surface area (Å²) in [7, 11) is -0.760. The second-order valence-corrected chi connectivity index (χ2v) is 4.62. The standard InChI is InChI=1S/C12H20O2Si/c1-2-3-7-10-13-15-14-11-12-8-5-4-6-9-12/h4-6,8-9H,2-3,7,10-11,15H2,1H3. The highest BCUT2D eigenvalue weighted by Gasteiger charge is 1.92. The van der Waals surface area contributed by atoms with E-state index in [1.54, 1.807) is 0 Å². The summed E-state index contributed by atoms with van der Waals surface area (Å²) in [5, 5.41) is 0. The molecule has 0 aromatic heterocycles. The predicted octanol–water partition coefficient (Wildman–Crippen LogP) is 2.41. The first-order valence-corrected chi connectivity index (χ1v) is 6.78. The minimum Gasteiger partial charge on any atom is -0.399 e. The molecule has 2 nitrogen and oxygen atoms in total. The molecule has 0 aliphatic rings. The lowest BCUT2D eigenvalue weighted by Crippen LogP contribution is -2.05. The van der Waals surface area contributed by atoms with E-state index in [0.717, 1.165) is 13.0 Å². The molecule has 0 aliphatic heterocycles. The van der Waals surface area contributed by atoms with E-state index in [-0.39, 0.29) is 0 Å². The molecular weight excluding hydrogens is 204 g/mol. The molecule has 1 rings (SSSR count). The summed E-state index contributed by atoms with van der Waals surface area (Å²) in [6.45, 7) is 3.76. The molecule has 0 atom stereocenters. The molecule has 0 amide bonds. The van der Waals surface area contributed by atoms with Crippen molar-refractivity contribution in [2.24, 2.45) is 0 Å². The highest BCUT2D eigenvalue weighted by Crippen LogP contribution is 2.00. The quantitative estimate of drug-likeness (QED) is 0.499. The van der Waals surface area contributed by atoms with Crippen LogP contribution in [0.5, 0.6) is 0 Å². The topological polar surface area (TPSA) is 18.5 Å². The third-order valence-corrected chi connectivity index (χ3v) is 3.00. The minimum atomic E-state index is -0.760. The van der Waals surface area contributed by atoms with Crippen molar-refractivity contribution in [1.29, 1.82) is 0 Å². The van der Waals surface area contributed by atoms with Gasteiger partial charge in [0.1, 0.15) is 0 Å². The van der Waals surface area contributed by atoms with E-state index in [4.69, 9.17) is 8.85 Å². The maximum Gasteiger partial charge on any atom is 0.304 e. The Labute approximate surface area is 94.7 Å². The second kappa shape index (κ2) is 8.65. The Balaban J connectivity index is 1.93. The fourth-order valence-electron chi connectivity index (χ4n) is 1.31. The van der Waals surface area contributed by atoms with Gasteiger partial charge in [0.15, 0.2) is 0 Å². The molecular formula is C12H20O2Si. The zero-order valence-electron chi connectivity index (χ0n) is 9.45. The largest absolute Gasteiger partial charge is 0.399 e. The zero-order valence-corrected chi connectivity index (χ0v) is 10.9. The average Bonchev–Trinajstić information content (AvgIpc) is 2.29. The van der Waals surface area contributed by atoms with Gasteiger partial charge in [-0.25, -0.2) is 0 Å². The number of rotatable bonds is 8. The van der Waals surface area contributed by atoms with Gasteiger partial charge in [-0.2, -0.15) is 0 Å². The van der Waals surface area contributed by atoms with Gasteiger partial charge in [0.05, 0.1) is 6.61 Å². The Morgan fingerprint density at radius 1 is 1.07 bits per heavy atom. The van der Waals surface area contributed by atoms with E-state index in [1.807, 2.05) is 18.2 Å². The van der Waals surface area contributed by atoms with Crippen LogP contribution in [0.2, 0.25) is 0 Å². The normalized spacial score (nSPS) is 11.3. The van der Waals surface area contributed by atoms with Crippen LogP contribution in [0.1, 0.15) is 31.7 Å². The van der Waals surface area contributed by atoms with E-state index >= 15 is 0 Å². The summed E-state index contributed by atoms with van der Waals surface area (Å²) >= 11 is 0. The molecule has 0 saturated carbocycles. The summed E-state index contributed by atoms with van der Waals surface area (Å²) in [4.78, 5) is 0. The lowest BCUT2D eigenvalue weighted by atomic mass is 10.2. The molecule has 1 aromatic carbocycles. The molecule has 1 aromatic rings. The van der Waals surface area contributed by atoms with Gasteiger partial charge in [-0.3, -0.25) is 0 Å². The highest BCUT2D eigenvalue weighted by molar-refractivity contribution is 6.17. The second-order valence-electron chi connectivity index (χ2n) is 3.57. The summed E-state index contributed by atoms with van der Waals surface area (Å²) < 4.78 is 11.0. The fourth-order valence-corrected chi connectivity index (χ4v) is 2.06. The van der Waals surface area contributed by atoms with Crippen LogP contribution in [-0.2, 0) is 15.5 Å². The molecule has 0 fully saturated rings. The fraction of sp³-hybridized carbons (Fsp3) is 0.500. The molecule has 0 unspecified atom stereocenters. The number of benzene rings is 1. The van der Waals surface area contributed by atoms with Crippen LogP contribution in [0.3, 0.4) is 0 Å². The highest BCUT2D eigenvalue weighted by atomic mass is 28.3. The van der Waals surface area contributed by atoms with Gasteiger partial charge in [-0.1, -0.05) is 50.1 Å². The smallest absolute Gasteiger partial charge is 0.304 e. The SMILES string of the molecule is CCCCCO[SiH2]OCc1ccccc1. The summed E-state index contributed by atoms with van der Waals surface area (Å²) in [6, 6.07) is 10.2. The first kappa shape index (κ1) is 12.4. The first-order chi connectivity index (χ1) is 7.43. The average molecular weight is 224 g/mol. The van der Waals surface area contributed by atoms with Crippen LogP contribution in [0.25, 0.3) is 0 Å². The third kappa shape index (κ3) is 6.44. The summed E-state index contributed by atoms with van der Waals surface area (Å²) in [6.07, 6.45) is 3.67. The Bertz CT molecular complexity index is 239. The Hall–Kier alpha value is -0.643. The van der Waals surface area contributed by atoms with Crippen LogP contribution in [-0.4, -0.2) is 16.6 Å². The summed E-state index contributed by atoms with van der Waals surface area (Å²) in [5.74, 6) is 0. The van der Waals surface area contributed by atoms with Crippen molar-refractivity contribution in [2.75, 3.05) is 6.61 Å². The van der Waals surface area contributed by atoms with Gasteiger partial charge in [0, 0.05) is 6.61 Å². The van der Waals surface area contributed by atoms with Crippen molar-refractivity contribution in [1.82, 2.24) is 0 Å². The van der Waals surface area contributed by atoms with Crippen molar-refractivity contribution in [2.45, 2.75) is 32.8 Å². The van der Waals surface area contributed by atoms with Crippen molar-refractivity contribution in [3.05, 3.63) is 35.9 Å². The third-order valence-electron chi connectivity index (χ3n) is 2.17. The van der Waals surface area contributed by atoms with E-state index in [1.165, 1.54) is 18.4 Å². The van der Waals surface area contributed by atoms with Crippen LogP contribution >= 0.6 is 0 Å². The Kier molecular flexibility index (Phi) is 7.16. The van der Waals surface area contributed by atoms with Crippen molar-refractivity contribution in [3.8, 4) is 0 Å². The van der Waals surface area contributed by atoms with Gasteiger partial charge in [0.25, 0.3) is 0 Å². The van der Waals surface area contributed by atoms with Crippen molar-refractivity contribution in [3.63, 3.8) is 0 Å². The van der Waals surface area contributed by atoms with E-state index in [0.29, 0.717) is 6.61 Å². The molecule has 0 spiro atoms. The van der Waals surface area contributed by atoms with Crippen LogP contribution in [0.15, 0.2) is 30.3 Å². The molecule has 0 bridgehead atoms. The molecule has 0 aliphatic carbocycles. The Morgan fingerprint density at radius 3 is 2.60 bits per heavy atom. The number of unbranched alkanes of at least 4 members (excludes halogenated alkanes) is 2. The molecule has 3 heteroatoms. The van der Waals surface area contributed by atoms with Crippen LogP contribution in [0.4, 0.5) is 0 Å². The molecule has 15 heavy (non-hydrogen) atoms. The number of hydrogen-bond acceptors (Lipinski definition) is 2. The van der Waals surface area contributed by atoms with Gasteiger partial charge >= 0.3 is 10.0 Å². The minimum absolute atomic E-state index is 0.695. The summed E-state index contributed by atoms with van der Waals surface area (Å²) in [5.41, 5.74) is 1.22. The van der Waals surface area contributed by atoms with Crippen molar-refractivity contribution < 1.29 is 8.85 Å². The molecule has 0 radical (unpaired) electrons. The lowest BCUT2D eigenvalue weighted by molar-refractivity contribution is 0.211. The maximum atomic E-state index is 5.52. The van der Waals surface area contributed by atoms with E-state index in [9.17, 15) is 0 Å². The van der Waals surface area contributed by atoms with Crippen LogP contribution < -0.4 is 0 Å². The molecule has 0 saturated heterocycles. The Morgan fingerprint density at radius 2 is 1.87 bits per heavy atom. The van der Waals surface area contributed by atoms with Gasteiger partial charge in [-0.15, -0.1) is 0 Å². The molecule has 0 heterocycles. The van der Waals surface area contributed by atoms with Gasteiger partial charge in [0.2, 0.25) is 0 Å². The van der Waals surface area contributed by atoms with Gasteiger partial charge < -0.3 is 8.85 Å².